The van der Waals surface area contributed by atoms with Crippen LogP contribution < -0.4 is 16.0 Å². The first kappa shape index (κ1) is 19.3. The van der Waals surface area contributed by atoms with Crippen molar-refractivity contribution in [1.29, 1.82) is 0 Å². The van der Waals surface area contributed by atoms with Crippen LogP contribution in [-0.4, -0.2) is 31.6 Å². The molecule has 3 N–H and O–H groups in total. The number of carbonyl (C=O) groups is 2. The third kappa shape index (κ3) is 6.40. The molecule has 1 aliphatic carbocycles. The number of amides is 3. The van der Waals surface area contributed by atoms with E-state index < -0.39 is 0 Å². The zero-order valence-corrected chi connectivity index (χ0v) is 15.4. The van der Waals surface area contributed by atoms with Crippen molar-refractivity contribution >= 4 is 11.9 Å². The van der Waals surface area contributed by atoms with E-state index in [1.54, 1.807) is 0 Å². The lowest BCUT2D eigenvalue weighted by atomic mass is 9.75. The molecule has 3 amide bonds. The molecule has 1 aromatic carbocycles. The molecule has 138 valence electrons. The van der Waals surface area contributed by atoms with Crippen molar-refractivity contribution in [3.8, 4) is 0 Å². The molecule has 0 radical (unpaired) electrons. The number of rotatable bonds is 7. The molecular formula is C20H31N3O2. The largest absolute Gasteiger partial charge is 0.352 e. The first-order valence-electron chi connectivity index (χ1n) is 9.45. The zero-order chi connectivity index (χ0) is 18.1. The van der Waals surface area contributed by atoms with Gasteiger partial charge in [-0.15, -0.1) is 0 Å². The average molecular weight is 345 g/mol. The fraction of sp³-hybridized carbons (Fsp3) is 0.600. The Morgan fingerprint density at radius 1 is 1.04 bits per heavy atom. The van der Waals surface area contributed by atoms with E-state index in [4.69, 9.17) is 0 Å². The summed E-state index contributed by atoms with van der Waals surface area (Å²) in [4.78, 5) is 23.8. The molecule has 1 aromatic rings. The molecule has 5 nitrogen and oxygen atoms in total. The van der Waals surface area contributed by atoms with E-state index in [0.717, 1.165) is 45.3 Å². The molecule has 3 unspecified atom stereocenters. The highest BCUT2D eigenvalue weighted by atomic mass is 16.2. The highest BCUT2D eigenvalue weighted by Crippen LogP contribution is 2.33. The van der Waals surface area contributed by atoms with E-state index in [1.807, 2.05) is 37.3 Å². The molecule has 5 heteroatoms. The average Bonchev–Trinajstić information content (AvgIpc) is 2.64. The molecule has 1 fully saturated rings. The van der Waals surface area contributed by atoms with Crippen LogP contribution in [0.25, 0.3) is 0 Å². The Kier molecular flexibility index (Phi) is 7.76. The van der Waals surface area contributed by atoms with Gasteiger partial charge in [0.05, 0.1) is 0 Å². The Morgan fingerprint density at radius 3 is 2.48 bits per heavy atom. The zero-order valence-electron chi connectivity index (χ0n) is 15.4. The lowest BCUT2D eigenvalue weighted by Crippen LogP contribution is -2.41. The minimum absolute atomic E-state index is 0.00388. The Balaban J connectivity index is 1.69. The molecule has 25 heavy (non-hydrogen) atoms. The maximum Gasteiger partial charge on any atom is 0.314 e. The van der Waals surface area contributed by atoms with Crippen LogP contribution in [0, 0.1) is 17.8 Å². The molecule has 1 aliphatic rings. The summed E-state index contributed by atoms with van der Waals surface area (Å²) in [7, 11) is 0. The predicted molar refractivity (Wildman–Crippen MR) is 100 cm³/mol. The van der Waals surface area contributed by atoms with E-state index in [9.17, 15) is 9.59 Å². The standard InChI is InChI=1S/C20H31N3O2/c1-3-11-21-20(25)23-13-16-9-10-18(15(2)12-16)14-22-19(24)17-7-5-4-6-8-17/h4-8,15-16,18H,3,9-14H2,1-2H3,(H,22,24)(H2,21,23,25). The van der Waals surface area contributed by atoms with Crippen molar-refractivity contribution < 1.29 is 9.59 Å². The third-order valence-corrected chi connectivity index (χ3v) is 5.10. The van der Waals surface area contributed by atoms with E-state index >= 15 is 0 Å². The third-order valence-electron chi connectivity index (χ3n) is 5.10. The number of hydrogen-bond donors (Lipinski definition) is 3. The SMILES string of the molecule is CCCNC(=O)NCC1CCC(CNC(=O)c2ccccc2)C(C)C1. The molecule has 0 spiro atoms. The maximum absolute atomic E-state index is 12.2. The van der Waals surface area contributed by atoms with Gasteiger partial charge in [0.25, 0.3) is 5.91 Å². The molecule has 3 atom stereocenters. The van der Waals surface area contributed by atoms with E-state index in [-0.39, 0.29) is 11.9 Å². The van der Waals surface area contributed by atoms with Crippen LogP contribution in [0.1, 0.15) is 49.9 Å². The van der Waals surface area contributed by atoms with Crippen molar-refractivity contribution in [3.05, 3.63) is 35.9 Å². The quantitative estimate of drug-likeness (QED) is 0.710. The lowest BCUT2D eigenvalue weighted by molar-refractivity contribution is 0.0929. The smallest absolute Gasteiger partial charge is 0.314 e. The molecule has 2 rings (SSSR count). The van der Waals surface area contributed by atoms with Crippen LogP contribution in [0.4, 0.5) is 4.79 Å². The van der Waals surface area contributed by atoms with Crippen molar-refractivity contribution in [3.63, 3.8) is 0 Å². The molecule has 0 heterocycles. The number of benzene rings is 1. The van der Waals surface area contributed by atoms with Crippen LogP contribution in [0.3, 0.4) is 0 Å². The predicted octanol–water partition coefficient (Wildman–Crippen LogP) is 3.18. The van der Waals surface area contributed by atoms with Crippen LogP contribution in [-0.2, 0) is 0 Å². The molecule has 0 aromatic heterocycles. The molecular weight excluding hydrogens is 314 g/mol. The van der Waals surface area contributed by atoms with Gasteiger partial charge in [-0.1, -0.05) is 32.0 Å². The van der Waals surface area contributed by atoms with Gasteiger partial charge < -0.3 is 16.0 Å². The van der Waals surface area contributed by atoms with Crippen molar-refractivity contribution in [2.45, 2.75) is 39.5 Å². The number of carbonyl (C=O) groups excluding carboxylic acids is 2. The van der Waals surface area contributed by atoms with Crippen LogP contribution >= 0.6 is 0 Å². The normalized spacial score (nSPS) is 22.9. The second-order valence-corrected chi connectivity index (χ2v) is 7.13. The number of urea groups is 1. The topological polar surface area (TPSA) is 70.2 Å². The Morgan fingerprint density at radius 2 is 1.80 bits per heavy atom. The summed E-state index contributed by atoms with van der Waals surface area (Å²) in [6.45, 7) is 6.48. The van der Waals surface area contributed by atoms with Crippen molar-refractivity contribution in [2.75, 3.05) is 19.6 Å². The second-order valence-electron chi connectivity index (χ2n) is 7.13. The van der Waals surface area contributed by atoms with Gasteiger partial charge in [-0.05, 0) is 55.6 Å². The Labute approximate surface area is 151 Å². The lowest BCUT2D eigenvalue weighted by Gasteiger charge is -2.34. The van der Waals surface area contributed by atoms with Gasteiger partial charge in [0.2, 0.25) is 0 Å². The van der Waals surface area contributed by atoms with E-state index in [1.165, 1.54) is 0 Å². The second kappa shape index (κ2) is 10.1. The Bertz CT molecular complexity index is 547. The van der Waals surface area contributed by atoms with Gasteiger partial charge in [0, 0.05) is 25.2 Å². The van der Waals surface area contributed by atoms with Crippen LogP contribution in [0.15, 0.2) is 30.3 Å². The minimum atomic E-state index is -0.0632. The molecule has 0 bridgehead atoms. The highest BCUT2D eigenvalue weighted by molar-refractivity contribution is 5.94. The van der Waals surface area contributed by atoms with Crippen LogP contribution in [0.5, 0.6) is 0 Å². The summed E-state index contributed by atoms with van der Waals surface area (Å²) in [5.41, 5.74) is 0.714. The Hall–Kier alpha value is -2.04. The van der Waals surface area contributed by atoms with Crippen molar-refractivity contribution in [1.82, 2.24) is 16.0 Å². The number of nitrogens with one attached hydrogen (secondary N) is 3. The maximum atomic E-state index is 12.2. The van der Waals surface area contributed by atoms with Gasteiger partial charge in [-0.2, -0.15) is 0 Å². The minimum Gasteiger partial charge on any atom is -0.352 e. The monoisotopic (exact) mass is 345 g/mol. The summed E-state index contributed by atoms with van der Waals surface area (Å²) in [6, 6.07) is 9.29. The number of hydrogen-bond acceptors (Lipinski definition) is 2. The molecule has 0 saturated heterocycles. The first-order chi connectivity index (χ1) is 12.1. The van der Waals surface area contributed by atoms with Crippen molar-refractivity contribution in [2.24, 2.45) is 17.8 Å². The van der Waals surface area contributed by atoms with Gasteiger partial charge in [-0.3, -0.25) is 4.79 Å². The van der Waals surface area contributed by atoms with Gasteiger partial charge in [0.15, 0.2) is 0 Å². The fourth-order valence-electron chi connectivity index (χ4n) is 3.51. The summed E-state index contributed by atoms with van der Waals surface area (Å²) in [6.07, 6.45) is 4.24. The van der Waals surface area contributed by atoms with Crippen LogP contribution in [0.2, 0.25) is 0 Å². The summed E-state index contributed by atoms with van der Waals surface area (Å²) in [5, 5.41) is 8.89. The van der Waals surface area contributed by atoms with E-state index in [0.29, 0.717) is 23.3 Å². The summed E-state index contributed by atoms with van der Waals surface area (Å²) >= 11 is 0. The molecule has 1 saturated carbocycles. The summed E-state index contributed by atoms with van der Waals surface area (Å²) < 4.78 is 0. The summed E-state index contributed by atoms with van der Waals surface area (Å²) in [5.74, 6) is 1.60. The highest BCUT2D eigenvalue weighted by Gasteiger charge is 2.28. The first-order valence-corrected chi connectivity index (χ1v) is 9.45. The van der Waals surface area contributed by atoms with Gasteiger partial charge >= 0.3 is 6.03 Å². The van der Waals surface area contributed by atoms with Gasteiger partial charge in [0.1, 0.15) is 0 Å². The van der Waals surface area contributed by atoms with E-state index in [2.05, 4.69) is 22.9 Å². The molecule has 0 aliphatic heterocycles. The van der Waals surface area contributed by atoms with Gasteiger partial charge in [-0.25, -0.2) is 4.79 Å². The fourth-order valence-corrected chi connectivity index (χ4v) is 3.51.